The van der Waals surface area contributed by atoms with Crippen LogP contribution in [-0.2, 0) is 5.41 Å². The zero-order chi connectivity index (χ0) is 44.4. The molecule has 0 bridgehead atoms. The molecule has 10 aromatic carbocycles. The molecule has 0 radical (unpaired) electrons. The summed E-state index contributed by atoms with van der Waals surface area (Å²) < 4.78 is 4.85. The van der Waals surface area contributed by atoms with E-state index < -0.39 is 0 Å². The van der Waals surface area contributed by atoms with Gasteiger partial charge in [-0.1, -0.05) is 159 Å². The van der Waals surface area contributed by atoms with Crippen LogP contribution >= 0.6 is 0 Å². The molecule has 0 aliphatic heterocycles. The number of fused-ring (bicyclic) bond motifs is 12. The monoisotopic (exact) mass is 854 g/mol. The van der Waals surface area contributed by atoms with E-state index in [9.17, 15) is 0 Å². The molecule has 4 heteroatoms. The molecule has 3 heterocycles. The summed E-state index contributed by atoms with van der Waals surface area (Å²) in [5.74, 6) is 0.704. The van der Waals surface area contributed by atoms with Crippen LogP contribution in [0.15, 0.2) is 218 Å². The van der Waals surface area contributed by atoms with Crippen LogP contribution in [0.25, 0.3) is 122 Å². The summed E-state index contributed by atoms with van der Waals surface area (Å²) in [6.07, 6.45) is 0. The summed E-state index contributed by atoms with van der Waals surface area (Å²) in [4.78, 5) is 10.5. The normalized spacial score (nSPS) is 13.0. The molecule has 314 valence electrons. The Morgan fingerprint density at radius 1 is 0.358 bits per heavy atom. The smallest absolute Gasteiger partial charge is 0.160 e. The largest absolute Gasteiger partial charge is 0.309 e. The van der Waals surface area contributed by atoms with Crippen molar-refractivity contribution in [3.8, 4) is 56.3 Å². The van der Waals surface area contributed by atoms with Crippen molar-refractivity contribution in [2.24, 2.45) is 0 Å². The average molecular weight is 855 g/mol. The van der Waals surface area contributed by atoms with E-state index in [4.69, 9.17) is 9.97 Å². The molecule has 14 rings (SSSR count). The third-order valence-electron chi connectivity index (χ3n) is 14.5. The van der Waals surface area contributed by atoms with Crippen LogP contribution in [0, 0.1) is 0 Å². The van der Waals surface area contributed by atoms with E-state index in [1.807, 2.05) is 6.07 Å². The summed E-state index contributed by atoms with van der Waals surface area (Å²) in [5.41, 5.74) is 18.4. The maximum absolute atomic E-state index is 5.29. The van der Waals surface area contributed by atoms with Crippen molar-refractivity contribution in [3.05, 3.63) is 230 Å². The second kappa shape index (κ2) is 14.2. The van der Waals surface area contributed by atoms with Crippen molar-refractivity contribution in [3.63, 3.8) is 0 Å². The lowest BCUT2D eigenvalue weighted by Crippen LogP contribution is -2.15. The molecule has 0 unspecified atom stereocenters. The Kier molecular flexibility index (Phi) is 8.00. The molecule has 67 heavy (non-hydrogen) atoms. The van der Waals surface area contributed by atoms with Crippen molar-refractivity contribution in [2.45, 2.75) is 19.3 Å². The van der Waals surface area contributed by atoms with Crippen LogP contribution in [0.1, 0.15) is 25.0 Å². The van der Waals surface area contributed by atoms with Crippen molar-refractivity contribution >= 4 is 65.3 Å². The first-order chi connectivity index (χ1) is 33.0. The maximum Gasteiger partial charge on any atom is 0.160 e. The van der Waals surface area contributed by atoms with Gasteiger partial charge in [-0.25, -0.2) is 9.97 Å². The van der Waals surface area contributed by atoms with Crippen molar-refractivity contribution in [1.82, 2.24) is 19.1 Å². The van der Waals surface area contributed by atoms with E-state index in [2.05, 4.69) is 235 Å². The highest BCUT2D eigenvalue weighted by molar-refractivity contribution is 6.15. The van der Waals surface area contributed by atoms with E-state index in [-0.39, 0.29) is 5.41 Å². The lowest BCUT2D eigenvalue weighted by atomic mass is 9.80. The molecule has 0 saturated carbocycles. The summed E-state index contributed by atoms with van der Waals surface area (Å²) in [5, 5.41) is 8.57. The highest BCUT2D eigenvalue weighted by Crippen LogP contribution is 2.53. The minimum atomic E-state index is -0.213. The van der Waals surface area contributed by atoms with Crippen LogP contribution in [-0.4, -0.2) is 19.1 Å². The number of nitrogens with zero attached hydrogens (tertiary/aromatic N) is 4. The molecule has 0 fully saturated rings. The topological polar surface area (TPSA) is 35.6 Å². The third kappa shape index (κ3) is 5.60. The highest BCUT2D eigenvalue weighted by Gasteiger charge is 2.38. The zero-order valence-electron chi connectivity index (χ0n) is 37.1. The Morgan fingerprint density at radius 3 is 1.75 bits per heavy atom. The first-order valence-electron chi connectivity index (χ1n) is 23.2. The molecule has 3 aromatic heterocycles. The third-order valence-corrected chi connectivity index (χ3v) is 14.5. The van der Waals surface area contributed by atoms with Crippen LogP contribution in [0.5, 0.6) is 0 Å². The molecule has 1 aliphatic carbocycles. The van der Waals surface area contributed by atoms with E-state index in [1.54, 1.807) is 0 Å². The molecule has 4 nitrogen and oxygen atoms in total. The van der Waals surface area contributed by atoms with Gasteiger partial charge in [0.1, 0.15) is 0 Å². The molecule has 0 spiro atoms. The molecular weight excluding hydrogens is 813 g/mol. The van der Waals surface area contributed by atoms with Crippen molar-refractivity contribution in [1.29, 1.82) is 0 Å². The zero-order valence-corrected chi connectivity index (χ0v) is 37.1. The molecule has 13 aromatic rings. The first-order valence-corrected chi connectivity index (χ1v) is 23.2. The lowest BCUT2D eigenvalue weighted by molar-refractivity contribution is 0.667. The summed E-state index contributed by atoms with van der Waals surface area (Å²) in [6, 6.07) is 79.5. The Balaban J connectivity index is 0.997. The SMILES string of the molecule is CC1(C)c2cc3c(cc2-c2ccc4ccccc4c21)c1cc(-c2ccc4c(c2)c2ccccc2n4-c2ccccc2)ccc1n3-c1cccc(-c2nc(-c3ccccc3)c3ccccc3n2)c1. The van der Waals surface area contributed by atoms with Gasteiger partial charge >= 0.3 is 0 Å². The predicted molar refractivity (Wildman–Crippen MR) is 280 cm³/mol. The Hall–Kier alpha value is -8.60. The van der Waals surface area contributed by atoms with Gasteiger partial charge in [0, 0.05) is 54.8 Å². The standard InChI is InChI=1S/C63H42N4/c1-63(2)54-38-59-53(37-50(54)48-31-28-39-16-9-10-23-46(39)60(48)63)52-36-42(41-29-32-57-51(35-41)47-24-12-14-27-56(47)66(57)44-20-7-4-8-21-44)30-33-58(52)67(59)45-22-15-19-43(34-45)62-64-55-26-13-11-25-49(55)61(65-62)40-17-5-3-6-18-40/h3-38H,1-2H3. The number of benzene rings is 10. The van der Waals surface area contributed by atoms with Crippen LogP contribution < -0.4 is 0 Å². The van der Waals surface area contributed by atoms with Gasteiger partial charge < -0.3 is 9.13 Å². The number of para-hydroxylation sites is 3. The number of hydrogen-bond donors (Lipinski definition) is 0. The van der Waals surface area contributed by atoms with E-state index >= 15 is 0 Å². The van der Waals surface area contributed by atoms with Crippen molar-refractivity contribution in [2.75, 3.05) is 0 Å². The molecule has 0 amide bonds. The van der Waals surface area contributed by atoms with Crippen molar-refractivity contribution < 1.29 is 0 Å². The number of hydrogen-bond acceptors (Lipinski definition) is 2. The second-order valence-corrected chi connectivity index (χ2v) is 18.6. The fourth-order valence-corrected chi connectivity index (χ4v) is 11.4. The molecule has 0 N–H and O–H groups in total. The van der Waals surface area contributed by atoms with Crippen LogP contribution in [0.2, 0.25) is 0 Å². The van der Waals surface area contributed by atoms with Gasteiger partial charge in [0.05, 0.1) is 33.3 Å². The molecular formula is C63H42N4. The van der Waals surface area contributed by atoms with Gasteiger partial charge in [0.15, 0.2) is 5.82 Å². The Morgan fingerprint density at radius 2 is 0.955 bits per heavy atom. The Bertz CT molecular complexity index is 4170. The number of rotatable bonds is 5. The average Bonchev–Trinajstić information content (AvgIpc) is 3.97. The second-order valence-electron chi connectivity index (χ2n) is 18.6. The van der Waals surface area contributed by atoms with E-state index in [1.165, 1.54) is 82.2 Å². The van der Waals surface area contributed by atoms with Crippen LogP contribution in [0.3, 0.4) is 0 Å². The summed E-state index contributed by atoms with van der Waals surface area (Å²) in [6.45, 7) is 4.79. The van der Waals surface area contributed by atoms with Gasteiger partial charge in [0.2, 0.25) is 0 Å². The fourth-order valence-electron chi connectivity index (χ4n) is 11.4. The van der Waals surface area contributed by atoms with Gasteiger partial charge in [-0.2, -0.15) is 0 Å². The molecule has 0 saturated heterocycles. The van der Waals surface area contributed by atoms with Gasteiger partial charge in [0.25, 0.3) is 0 Å². The van der Waals surface area contributed by atoms with Gasteiger partial charge in [-0.05, 0) is 117 Å². The molecule has 1 aliphatic rings. The van der Waals surface area contributed by atoms with Crippen LogP contribution in [0.4, 0.5) is 0 Å². The predicted octanol–water partition coefficient (Wildman–Crippen LogP) is 16.3. The van der Waals surface area contributed by atoms with E-state index in [0.29, 0.717) is 5.82 Å². The maximum atomic E-state index is 5.29. The quantitative estimate of drug-likeness (QED) is 0.173. The minimum absolute atomic E-state index is 0.213. The lowest BCUT2D eigenvalue weighted by Gasteiger charge is -2.23. The fraction of sp³-hybridized carbons (Fsp3) is 0.0476. The van der Waals surface area contributed by atoms with Gasteiger partial charge in [-0.3, -0.25) is 0 Å². The minimum Gasteiger partial charge on any atom is -0.309 e. The number of aromatic nitrogens is 4. The summed E-state index contributed by atoms with van der Waals surface area (Å²) >= 11 is 0. The molecule has 0 atom stereocenters. The van der Waals surface area contributed by atoms with E-state index in [0.717, 1.165) is 44.6 Å². The summed E-state index contributed by atoms with van der Waals surface area (Å²) in [7, 11) is 0. The Labute approximate surface area is 387 Å². The van der Waals surface area contributed by atoms with Gasteiger partial charge in [-0.15, -0.1) is 0 Å². The highest BCUT2D eigenvalue weighted by atomic mass is 15.0. The first kappa shape index (κ1) is 37.7.